The van der Waals surface area contributed by atoms with Crippen molar-refractivity contribution in [2.45, 2.75) is 12.7 Å². The molecule has 1 heterocycles. The maximum atomic E-state index is 12.9. The van der Waals surface area contributed by atoms with E-state index in [2.05, 4.69) is 10.6 Å². The van der Waals surface area contributed by atoms with Crippen molar-refractivity contribution < 1.29 is 27.6 Å². The fourth-order valence-electron chi connectivity index (χ4n) is 2.58. The lowest BCUT2D eigenvalue weighted by Gasteiger charge is -2.13. The Bertz CT molecular complexity index is 929. The average molecular weight is 412 g/mol. The fraction of sp³-hybridized carbons (Fsp3) is 0.167. The summed E-state index contributed by atoms with van der Waals surface area (Å²) in [5.41, 5.74) is -0.279. The number of anilines is 1. The van der Waals surface area contributed by atoms with Crippen molar-refractivity contribution in [3.63, 3.8) is 0 Å². The Hall–Kier alpha value is -3.07. The average Bonchev–Trinajstić information content (AvgIpc) is 2.95. The molecule has 0 aliphatic carbocycles. The molecule has 10 heteroatoms. The summed E-state index contributed by atoms with van der Waals surface area (Å²) in [5, 5.41) is 4.32. The highest BCUT2D eigenvalue weighted by molar-refractivity contribution is 6.31. The van der Waals surface area contributed by atoms with Crippen molar-refractivity contribution in [1.29, 1.82) is 0 Å². The van der Waals surface area contributed by atoms with E-state index in [0.717, 1.165) is 17.0 Å². The zero-order chi connectivity index (χ0) is 20.5. The van der Waals surface area contributed by atoms with Gasteiger partial charge in [0.2, 0.25) is 5.91 Å². The Kier molecular flexibility index (Phi) is 5.28. The van der Waals surface area contributed by atoms with E-state index in [1.165, 1.54) is 18.2 Å². The summed E-state index contributed by atoms with van der Waals surface area (Å²) in [6.45, 7) is -0.000971. The lowest BCUT2D eigenvalue weighted by Crippen LogP contribution is -2.30. The van der Waals surface area contributed by atoms with E-state index in [0.29, 0.717) is 5.56 Å². The molecule has 1 fully saturated rings. The molecule has 0 atom stereocenters. The van der Waals surface area contributed by atoms with E-state index in [-0.39, 0.29) is 30.2 Å². The molecule has 28 heavy (non-hydrogen) atoms. The normalized spacial score (nSPS) is 14.2. The monoisotopic (exact) mass is 411 g/mol. The van der Waals surface area contributed by atoms with E-state index in [4.69, 9.17) is 11.6 Å². The van der Waals surface area contributed by atoms with Crippen LogP contribution in [0.5, 0.6) is 0 Å². The van der Waals surface area contributed by atoms with Gasteiger partial charge in [0.25, 0.3) is 5.91 Å². The van der Waals surface area contributed by atoms with Gasteiger partial charge in [-0.15, -0.1) is 0 Å². The summed E-state index contributed by atoms with van der Waals surface area (Å²) in [6.07, 6.45) is -4.64. The van der Waals surface area contributed by atoms with Crippen molar-refractivity contribution in [1.82, 2.24) is 10.2 Å². The molecule has 146 valence electrons. The molecule has 0 radical (unpaired) electrons. The first-order chi connectivity index (χ1) is 13.1. The topological polar surface area (TPSA) is 78.5 Å². The van der Waals surface area contributed by atoms with Crippen LogP contribution in [0.3, 0.4) is 0 Å². The second-order valence-electron chi connectivity index (χ2n) is 5.98. The van der Waals surface area contributed by atoms with Crippen molar-refractivity contribution in [3.8, 4) is 0 Å². The number of alkyl halides is 3. The molecule has 1 aliphatic heterocycles. The van der Waals surface area contributed by atoms with E-state index in [9.17, 15) is 27.6 Å². The highest BCUT2D eigenvalue weighted by Gasteiger charge is 2.33. The minimum absolute atomic E-state index is 0.0508. The van der Waals surface area contributed by atoms with Crippen molar-refractivity contribution >= 4 is 35.1 Å². The van der Waals surface area contributed by atoms with E-state index < -0.39 is 28.7 Å². The van der Waals surface area contributed by atoms with Crippen LogP contribution in [-0.2, 0) is 17.5 Å². The van der Waals surface area contributed by atoms with Crippen LogP contribution in [0.25, 0.3) is 0 Å². The van der Waals surface area contributed by atoms with Crippen LogP contribution in [-0.4, -0.2) is 29.3 Å². The summed E-state index contributed by atoms with van der Waals surface area (Å²) in [4.78, 5) is 36.4. The lowest BCUT2D eigenvalue weighted by atomic mass is 10.1. The summed E-state index contributed by atoms with van der Waals surface area (Å²) in [7, 11) is 0. The Morgan fingerprint density at radius 3 is 2.39 bits per heavy atom. The van der Waals surface area contributed by atoms with Gasteiger partial charge >= 0.3 is 12.2 Å². The summed E-state index contributed by atoms with van der Waals surface area (Å²) < 4.78 is 38.7. The third-order valence-electron chi connectivity index (χ3n) is 4.02. The zero-order valence-corrected chi connectivity index (χ0v) is 14.9. The molecule has 1 aliphatic rings. The molecule has 2 aromatic carbocycles. The van der Waals surface area contributed by atoms with Crippen LogP contribution in [0, 0.1) is 0 Å². The molecule has 0 spiro atoms. The fourth-order valence-corrected chi connectivity index (χ4v) is 2.81. The Balaban J connectivity index is 1.70. The number of nitrogens with one attached hydrogen (secondary N) is 2. The molecule has 6 nitrogen and oxygen atoms in total. The quantitative estimate of drug-likeness (QED) is 0.754. The van der Waals surface area contributed by atoms with Crippen molar-refractivity contribution in [3.05, 3.63) is 64.2 Å². The summed E-state index contributed by atoms with van der Waals surface area (Å²) in [5.74, 6) is -0.966. The second kappa shape index (κ2) is 7.51. The van der Waals surface area contributed by atoms with Crippen LogP contribution in [0.1, 0.15) is 21.5 Å². The van der Waals surface area contributed by atoms with Gasteiger partial charge in [-0.2, -0.15) is 13.2 Å². The van der Waals surface area contributed by atoms with Gasteiger partial charge in [-0.25, -0.2) is 4.79 Å². The van der Waals surface area contributed by atoms with Gasteiger partial charge < -0.3 is 10.6 Å². The minimum atomic E-state index is -4.64. The van der Waals surface area contributed by atoms with Crippen molar-refractivity contribution in [2.24, 2.45) is 0 Å². The maximum Gasteiger partial charge on any atom is 0.417 e. The van der Waals surface area contributed by atoms with Crippen molar-refractivity contribution in [2.75, 3.05) is 11.9 Å². The third-order valence-corrected chi connectivity index (χ3v) is 4.35. The highest BCUT2D eigenvalue weighted by Crippen LogP contribution is 2.36. The molecule has 0 aromatic heterocycles. The number of amides is 4. The molecule has 2 N–H and O–H groups in total. The highest BCUT2D eigenvalue weighted by atomic mass is 35.5. The maximum absolute atomic E-state index is 12.9. The van der Waals surface area contributed by atoms with Gasteiger partial charge in [-0.1, -0.05) is 23.7 Å². The summed E-state index contributed by atoms with van der Waals surface area (Å²) in [6, 6.07) is 8.59. The number of nitrogens with zero attached hydrogens (tertiary/aromatic N) is 1. The third kappa shape index (κ3) is 4.25. The SMILES string of the molecule is O=C(Nc1ccc(Cl)c(C(F)(F)F)c1)c1ccc(CN2C(=O)CNC2=O)cc1. The molecule has 3 rings (SSSR count). The standard InChI is InChI=1S/C18H13ClF3N3O3/c19-14-6-5-12(7-13(14)18(20,21)22)24-16(27)11-3-1-10(2-4-11)9-25-15(26)8-23-17(25)28/h1-7H,8-9H2,(H,23,28)(H,24,27). The number of urea groups is 1. The number of benzene rings is 2. The van der Waals surface area contributed by atoms with Gasteiger partial charge in [-0.3, -0.25) is 14.5 Å². The molecule has 0 saturated carbocycles. The first-order valence-corrected chi connectivity index (χ1v) is 8.38. The van der Waals surface area contributed by atoms with Gasteiger partial charge in [0, 0.05) is 11.3 Å². The molecule has 2 aromatic rings. The first kappa shape index (κ1) is 19.7. The molecular formula is C18H13ClF3N3O3. The lowest BCUT2D eigenvalue weighted by molar-refractivity contribution is -0.137. The Labute approximate surface area is 162 Å². The number of halogens is 4. The van der Waals surface area contributed by atoms with Crippen LogP contribution in [0.2, 0.25) is 5.02 Å². The molecular weight excluding hydrogens is 399 g/mol. The predicted molar refractivity (Wildman–Crippen MR) is 94.8 cm³/mol. The zero-order valence-electron chi connectivity index (χ0n) is 14.1. The number of imide groups is 1. The van der Waals surface area contributed by atoms with Crippen LogP contribution in [0.4, 0.5) is 23.7 Å². The van der Waals surface area contributed by atoms with Crippen LogP contribution < -0.4 is 10.6 Å². The minimum Gasteiger partial charge on any atom is -0.329 e. The summed E-state index contributed by atoms with van der Waals surface area (Å²) >= 11 is 5.55. The number of hydrogen-bond donors (Lipinski definition) is 2. The van der Waals surface area contributed by atoms with Gasteiger partial charge in [0.15, 0.2) is 0 Å². The van der Waals surface area contributed by atoms with Crippen LogP contribution in [0.15, 0.2) is 42.5 Å². The number of carbonyl (C=O) groups is 3. The Morgan fingerprint density at radius 2 is 1.82 bits per heavy atom. The van der Waals surface area contributed by atoms with Gasteiger partial charge in [-0.05, 0) is 35.9 Å². The van der Waals surface area contributed by atoms with Gasteiger partial charge in [0.05, 0.1) is 23.7 Å². The van der Waals surface area contributed by atoms with Gasteiger partial charge in [0.1, 0.15) is 0 Å². The van der Waals surface area contributed by atoms with Crippen LogP contribution >= 0.6 is 11.6 Å². The molecule has 4 amide bonds. The van der Waals surface area contributed by atoms with E-state index >= 15 is 0 Å². The number of carbonyl (C=O) groups excluding carboxylic acids is 3. The Morgan fingerprint density at radius 1 is 1.14 bits per heavy atom. The largest absolute Gasteiger partial charge is 0.417 e. The van der Waals surface area contributed by atoms with E-state index in [1.54, 1.807) is 12.1 Å². The molecule has 1 saturated heterocycles. The second-order valence-corrected chi connectivity index (χ2v) is 6.39. The smallest absolute Gasteiger partial charge is 0.329 e. The molecule has 0 unspecified atom stereocenters. The predicted octanol–water partition coefficient (Wildman–Crippen LogP) is 3.66. The number of rotatable bonds is 4. The first-order valence-electron chi connectivity index (χ1n) is 8.00. The van der Waals surface area contributed by atoms with E-state index in [1.807, 2.05) is 0 Å². The molecule has 0 bridgehead atoms. The number of hydrogen-bond acceptors (Lipinski definition) is 3.